The van der Waals surface area contributed by atoms with Gasteiger partial charge in [-0.3, -0.25) is 4.79 Å². The van der Waals surface area contributed by atoms with E-state index in [0.29, 0.717) is 25.5 Å². The van der Waals surface area contributed by atoms with E-state index in [9.17, 15) is 4.79 Å². The van der Waals surface area contributed by atoms with E-state index in [2.05, 4.69) is 21.8 Å². The van der Waals surface area contributed by atoms with Crippen molar-refractivity contribution in [3.8, 4) is 11.6 Å². The molecule has 1 amide bonds. The molecule has 154 valence electrons. The Morgan fingerprint density at radius 1 is 1.00 bits per heavy atom. The molecule has 4 rings (SSSR count). The molecule has 2 heterocycles. The fraction of sp³-hybridized carbons (Fsp3) is 0.292. The molecule has 1 fully saturated rings. The molecule has 1 aliphatic heterocycles. The lowest BCUT2D eigenvalue weighted by atomic mass is 10.1. The number of carbonyl (C=O) groups is 1. The van der Waals surface area contributed by atoms with Crippen molar-refractivity contribution in [3.05, 3.63) is 77.6 Å². The molecule has 6 heteroatoms. The zero-order valence-electron chi connectivity index (χ0n) is 17.6. The van der Waals surface area contributed by atoms with Crippen molar-refractivity contribution < 1.29 is 9.53 Å². The van der Waals surface area contributed by atoms with Gasteiger partial charge in [-0.15, -0.1) is 0 Å². The van der Waals surface area contributed by atoms with Crippen LogP contribution in [0.1, 0.15) is 28.4 Å². The summed E-state index contributed by atoms with van der Waals surface area (Å²) in [6.07, 6.45) is 1.52. The fourth-order valence-corrected chi connectivity index (χ4v) is 3.69. The topological polar surface area (TPSA) is 58.6 Å². The standard InChI is InChI=1S/C24H26N4O2/c1-17-7-9-20(10-8-17)24(29)28-12-11-27(15-19(28)3)22-14-23(26-16-25-22)30-21-6-4-5-18(2)13-21/h4-10,13-14,16,19H,11-12,15H2,1-3H3/t19-/m1/s1. The predicted molar refractivity (Wildman–Crippen MR) is 117 cm³/mol. The van der Waals surface area contributed by atoms with Crippen molar-refractivity contribution in [2.45, 2.75) is 26.8 Å². The minimum absolute atomic E-state index is 0.0728. The van der Waals surface area contributed by atoms with Crippen molar-refractivity contribution in [2.75, 3.05) is 24.5 Å². The van der Waals surface area contributed by atoms with E-state index in [1.54, 1.807) is 0 Å². The van der Waals surface area contributed by atoms with Crippen LogP contribution in [0.2, 0.25) is 0 Å². The Hall–Kier alpha value is -3.41. The largest absolute Gasteiger partial charge is 0.439 e. The summed E-state index contributed by atoms with van der Waals surface area (Å²) in [6.45, 7) is 8.18. The highest BCUT2D eigenvalue weighted by Gasteiger charge is 2.29. The highest BCUT2D eigenvalue weighted by atomic mass is 16.5. The second-order valence-corrected chi connectivity index (χ2v) is 7.79. The summed E-state index contributed by atoms with van der Waals surface area (Å²) >= 11 is 0. The summed E-state index contributed by atoms with van der Waals surface area (Å²) in [6, 6.07) is 17.5. The van der Waals surface area contributed by atoms with Crippen LogP contribution in [0, 0.1) is 13.8 Å². The number of ether oxygens (including phenoxy) is 1. The van der Waals surface area contributed by atoms with Crippen molar-refractivity contribution in [2.24, 2.45) is 0 Å². The smallest absolute Gasteiger partial charge is 0.254 e. The SMILES string of the molecule is Cc1ccc(C(=O)N2CCN(c3cc(Oc4cccc(C)c4)ncn3)C[C@H]2C)cc1. The zero-order valence-corrected chi connectivity index (χ0v) is 17.6. The van der Waals surface area contributed by atoms with Gasteiger partial charge < -0.3 is 14.5 Å². The van der Waals surface area contributed by atoms with Gasteiger partial charge in [0, 0.05) is 37.3 Å². The Morgan fingerprint density at radius 2 is 1.80 bits per heavy atom. The summed E-state index contributed by atoms with van der Waals surface area (Å²) in [5, 5.41) is 0. The monoisotopic (exact) mass is 402 g/mol. The lowest BCUT2D eigenvalue weighted by Gasteiger charge is -2.40. The van der Waals surface area contributed by atoms with Crippen LogP contribution in [0.4, 0.5) is 5.82 Å². The third-order valence-corrected chi connectivity index (χ3v) is 5.35. The van der Waals surface area contributed by atoms with Crippen LogP contribution in [-0.2, 0) is 0 Å². The van der Waals surface area contributed by atoms with Crippen molar-refractivity contribution in [3.63, 3.8) is 0 Å². The van der Waals surface area contributed by atoms with Crippen molar-refractivity contribution in [1.29, 1.82) is 0 Å². The molecule has 0 bridgehead atoms. The molecule has 0 aliphatic carbocycles. The molecular weight excluding hydrogens is 376 g/mol. The average Bonchev–Trinajstić information content (AvgIpc) is 2.74. The minimum atomic E-state index is 0.0728. The Labute approximate surface area is 177 Å². The van der Waals surface area contributed by atoms with Gasteiger partial charge in [0.15, 0.2) is 0 Å². The van der Waals surface area contributed by atoms with Gasteiger partial charge in [0.05, 0.1) is 0 Å². The maximum absolute atomic E-state index is 12.9. The number of carbonyl (C=O) groups excluding carboxylic acids is 1. The number of piperazine rings is 1. The Kier molecular flexibility index (Phi) is 5.65. The minimum Gasteiger partial charge on any atom is -0.439 e. The van der Waals surface area contributed by atoms with Crippen LogP contribution in [0.15, 0.2) is 60.9 Å². The zero-order chi connectivity index (χ0) is 21.1. The first-order valence-corrected chi connectivity index (χ1v) is 10.2. The molecule has 0 N–H and O–H groups in total. The third-order valence-electron chi connectivity index (χ3n) is 5.35. The highest BCUT2D eigenvalue weighted by Crippen LogP contribution is 2.25. The maximum atomic E-state index is 12.9. The predicted octanol–water partition coefficient (Wildman–Crippen LogP) is 4.24. The number of aromatic nitrogens is 2. The van der Waals surface area contributed by atoms with Gasteiger partial charge in [0.2, 0.25) is 5.88 Å². The summed E-state index contributed by atoms with van der Waals surface area (Å²) < 4.78 is 5.90. The van der Waals surface area contributed by atoms with Gasteiger partial charge >= 0.3 is 0 Å². The number of nitrogens with zero attached hydrogens (tertiary/aromatic N) is 4. The van der Waals surface area contributed by atoms with Gasteiger partial charge in [-0.05, 0) is 50.6 Å². The molecule has 1 saturated heterocycles. The fourth-order valence-electron chi connectivity index (χ4n) is 3.69. The van der Waals surface area contributed by atoms with Crippen molar-refractivity contribution >= 4 is 11.7 Å². The molecule has 0 saturated carbocycles. The first-order valence-electron chi connectivity index (χ1n) is 10.2. The van der Waals surface area contributed by atoms with E-state index < -0.39 is 0 Å². The second kappa shape index (κ2) is 8.53. The first kappa shape index (κ1) is 19.9. The van der Waals surface area contributed by atoms with Gasteiger partial charge in [0.1, 0.15) is 17.9 Å². The summed E-state index contributed by atoms with van der Waals surface area (Å²) in [5.74, 6) is 2.15. The highest BCUT2D eigenvalue weighted by molar-refractivity contribution is 5.94. The number of aryl methyl sites for hydroxylation is 2. The van der Waals surface area contributed by atoms with Crippen LogP contribution in [0.3, 0.4) is 0 Å². The summed E-state index contributed by atoms with van der Waals surface area (Å²) in [4.78, 5) is 25.7. The van der Waals surface area contributed by atoms with Gasteiger partial charge in [0.25, 0.3) is 5.91 Å². The van der Waals surface area contributed by atoms with E-state index in [-0.39, 0.29) is 11.9 Å². The van der Waals surface area contributed by atoms with Gasteiger partial charge in [-0.2, -0.15) is 0 Å². The summed E-state index contributed by atoms with van der Waals surface area (Å²) in [5.41, 5.74) is 3.01. The molecule has 1 aromatic heterocycles. The Balaban J connectivity index is 1.44. The van der Waals surface area contributed by atoms with E-state index >= 15 is 0 Å². The molecular formula is C24H26N4O2. The van der Waals surface area contributed by atoms with Crippen LogP contribution < -0.4 is 9.64 Å². The van der Waals surface area contributed by atoms with Crippen LogP contribution in [-0.4, -0.2) is 46.5 Å². The number of hydrogen-bond acceptors (Lipinski definition) is 5. The van der Waals surface area contributed by atoms with Gasteiger partial charge in [-0.25, -0.2) is 9.97 Å². The maximum Gasteiger partial charge on any atom is 0.254 e. The third kappa shape index (κ3) is 4.43. The lowest BCUT2D eigenvalue weighted by molar-refractivity contribution is 0.0673. The normalized spacial score (nSPS) is 16.4. The van der Waals surface area contributed by atoms with E-state index in [4.69, 9.17) is 4.74 Å². The number of anilines is 1. The number of rotatable bonds is 4. The summed E-state index contributed by atoms with van der Waals surface area (Å²) in [7, 11) is 0. The molecule has 0 unspecified atom stereocenters. The van der Waals surface area contributed by atoms with Crippen LogP contribution in [0.25, 0.3) is 0 Å². The Morgan fingerprint density at radius 3 is 2.53 bits per heavy atom. The molecule has 30 heavy (non-hydrogen) atoms. The average molecular weight is 402 g/mol. The molecule has 0 radical (unpaired) electrons. The lowest BCUT2D eigenvalue weighted by Crippen LogP contribution is -2.54. The van der Waals surface area contributed by atoms with Crippen LogP contribution in [0.5, 0.6) is 11.6 Å². The first-order chi connectivity index (χ1) is 14.5. The molecule has 1 aliphatic rings. The number of amides is 1. The quantitative estimate of drug-likeness (QED) is 0.653. The van der Waals surface area contributed by atoms with Gasteiger partial charge in [-0.1, -0.05) is 29.8 Å². The number of benzene rings is 2. The van der Waals surface area contributed by atoms with E-state index in [1.807, 2.05) is 73.3 Å². The van der Waals surface area contributed by atoms with E-state index in [1.165, 1.54) is 6.33 Å². The number of hydrogen-bond donors (Lipinski definition) is 0. The second-order valence-electron chi connectivity index (χ2n) is 7.79. The molecule has 2 aromatic carbocycles. The Bertz CT molecular complexity index is 1040. The molecule has 3 aromatic rings. The van der Waals surface area contributed by atoms with Crippen molar-refractivity contribution in [1.82, 2.24) is 14.9 Å². The molecule has 1 atom stereocenters. The van der Waals surface area contributed by atoms with E-state index in [0.717, 1.165) is 28.3 Å². The van der Waals surface area contributed by atoms with Crippen LogP contribution >= 0.6 is 0 Å². The molecule has 6 nitrogen and oxygen atoms in total. The molecule has 0 spiro atoms.